The van der Waals surface area contributed by atoms with E-state index in [1.54, 1.807) is 6.92 Å². The summed E-state index contributed by atoms with van der Waals surface area (Å²) >= 11 is 0. The Kier molecular flexibility index (Phi) is 10.2. The number of hydrogen-bond acceptors (Lipinski definition) is 8. The molecule has 0 aromatic rings. The molecule has 1 rings (SSSR count). The van der Waals surface area contributed by atoms with Crippen molar-refractivity contribution in [2.24, 2.45) is 10.8 Å². The summed E-state index contributed by atoms with van der Waals surface area (Å²) in [6.45, 7) is 14.0. The first-order valence-electron chi connectivity index (χ1n) is 12.0. The van der Waals surface area contributed by atoms with E-state index in [1.807, 2.05) is 0 Å². The Labute approximate surface area is 212 Å². The van der Waals surface area contributed by atoms with Crippen molar-refractivity contribution >= 4 is 23.6 Å². The second-order valence-electron chi connectivity index (χ2n) is 10.6. The van der Waals surface area contributed by atoms with Gasteiger partial charge in [0.05, 0.1) is 24.4 Å². The lowest BCUT2D eigenvalue weighted by Gasteiger charge is -2.42. The first-order valence-corrected chi connectivity index (χ1v) is 12.0. The molecule has 5 N–H and O–H groups in total. The topological polar surface area (TPSA) is 170 Å². The smallest absolute Gasteiger partial charge is 0.308 e. The lowest BCUT2D eigenvalue weighted by molar-refractivity contribution is -0.177. The van der Waals surface area contributed by atoms with Gasteiger partial charge in [-0.3, -0.25) is 19.2 Å². The Morgan fingerprint density at radius 2 is 1.78 bits per heavy atom. The summed E-state index contributed by atoms with van der Waals surface area (Å²) in [7, 11) is 0. The Bertz CT molecular complexity index is 920. The predicted molar refractivity (Wildman–Crippen MR) is 132 cm³/mol. The fourth-order valence-electron chi connectivity index (χ4n) is 5.06. The van der Waals surface area contributed by atoms with Gasteiger partial charge in [-0.25, -0.2) is 0 Å². The van der Waals surface area contributed by atoms with Crippen molar-refractivity contribution in [1.29, 1.82) is 0 Å². The van der Waals surface area contributed by atoms with Crippen LogP contribution in [0.25, 0.3) is 0 Å². The number of ketones is 1. The van der Waals surface area contributed by atoms with Crippen molar-refractivity contribution in [2.75, 3.05) is 0 Å². The van der Waals surface area contributed by atoms with Crippen LogP contribution in [-0.2, 0) is 23.9 Å². The van der Waals surface area contributed by atoms with Gasteiger partial charge < -0.3 is 30.5 Å². The third-order valence-corrected chi connectivity index (χ3v) is 7.33. The van der Waals surface area contributed by atoms with E-state index in [9.17, 15) is 39.6 Å². The Hall–Kier alpha value is -2.56. The van der Waals surface area contributed by atoms with Crippen LogP contribution in [0, 0.1) is 10.8 Å². The highest BCUT2D eigenvalue weighted by molar-refractivity contribution is 5.92. The van der Waals surface area contributed by atoms with Crippen molar-refractivity contribution in [2.45, 2.75) is 104 Å². The van der Waals surface area contributed by atoms with Crippen LogP contribution in [-0.4, -0.2) is 74.0 Å². The normalized spacial score (nSPS) is 24.0. The molecule has 1 amide bonds. The molecule has 1 aliphatic rings. The minimum Gasteiger partial charge on any atom is -0.481 e. The molecule has 1 unspecified atom stereocenters. The molecule has 10 heteroatoms. The summed E-state index contributed by atoms with van der Waals surface area (Å²) in [5.41, 5.74) is -4.84. The van der Waals surface area contributed by atoms with E-state index in [-0.39, 0.29) is 36.3 Å². The van der Waals surface area contributed by atoms with Gasteiger partial charge in [0, 0.05) is 18.4 Å². The summed E-state index contributed by atoms with van der Waals surface area (Å²) < 4.78 is 5.58. The van der Waals surface area contributed by atoms with Crippen LogP contribution in [0.1, 0.15) is 74.1 Å². The molecule has 1 aliphatic carbocycles. The van der Waals surface area contributed by atoms with Crippen molar-refractivity contribution in [3.05, 3.63) is 23.8 Å². The van der Waals surface area contributed by atoms with Gasteiger partial charge in [-0.1, -0.05) is 40.7 Å². The van der Waals surface area contributed by atoms with E-state index >= 15 is 0 Å². The highest BCUT2D eigenvalue weighted by atomic mass is 16.6. The third kappa shape index (κ3) is 6.22. The van der Waals surface area contributed by atoms with Crippen LogP contribution in [0.4, 0.5) is 0 Å². The molecule has 0 spiro atoms. The van der Waals surface area contributed by atoms with E-state index in [2.05, 4.69) is 11.9 Å². The number of Topliss-reactive ketones (excluding diaryl/α,β-unsaturated/α-hetero) is 1. The Balaban J connectivity index is 3.49. The molecule has 0 bridgehead atoms. The molecule has 0 saturated carbocycles. The Morgan fingerprint density at radius 3 is 2.22 bits per heavy atom. The monoisotopic (exact) mass is 511 g/mol. The number of carbonyl (C=O) groups is 4. The SMILES string of the molecule is C=CC[C@@H](CC(=O)O[C@H]1C(C)=C([C@@H](O)C(=O)C(C)(C)[C@@H](O)CC)C(C)(C)C1(O)CC(=O)O)NC(C)=O. The molecule has 0 heterocycles. The molecule has 0 aliphatic heterocycles. The maximum absolute atomic E-state index is 13.3. The fourth-order valence-corrected chi connectivity index (χ4v) is 5.06. The molecule has 204 valence electrons. The first-order chi connectivity index (χ1) is 16.4. The molecule has 10 nitrogen and oxygen atoms in total. The number of hydrogen-bond donors (Lipinski definition) is 5. The van der Waals surface area contributed by atoms with Crippen LogP contribution in [0.15, 0.2) is 23.8 Å². The van der Waals surface area contributed by atoms with Crippen LogP contribution >= 0.6 is 0 Å². The van der Waals surface area contributed by atoms with E-state index in [1.165, 1.54) is 47.6 Å². The number of nitrogens with one attached hydrogen (secondary N) is 1. The fraction of sp³-hybridized carbons (Fsp3) is 0.692. The maximum atomic E-state index is 13.3. The quantitative estimate of drug-likeness (QED) is 0.182. The molecular formula is C26H41NO9. The largest absolute Gasteiger partial charge is 0.481 e. The number of esters is 1. The number of carboxylic acids is 1. The van der Waals surface area contributed by atoms with Crippen LogP contribution in [0.3, 0.4) is 0 Å². The molecule has 0 aromatic heterocycles. The summed E-state index contributed by atoms with van der Waals surface area (Å²) in [5.74, 6) is -3.26. The van der Waals surface area contributed by atoms with E-state index in [0.717, 1.165) is 0 Å². The summed E-state index contributed by atoms with van der Waals surface area (Å²) in [4.78, 5) is 49.3. The minimum atomic E-state index is -2.19. The van der Waals surface area contributed by atoms with E-state index in [0.29, 0.717) is 0 Å². The van der Waals surface area contributed by atoms with Gasteiger partial charge in [0.25, 0.3) is 0 Å². The van der Waals surface area contributed by atoms with Gasteiger partial charge in [-0.15, -0.1) is 6.58 Å². The molecular weight excluding hydrogens is 470 g/mol. The molecule has 0 radical (unpaired) electrons. The molecule has 0 saturated heterocycles. The van der Waals surface area contributed by atoms with Crippen LogP contribution in [0.2, 0.25) is 0 Å². The van der Waals surface area contributed by atoms with Gasteiger partial charge in [0.1, 0.15) is 11.7 Å². The van der Waals surface area contributed by atoms with Crippen molar-refractivity contribution in [3.8, 4) is 0 Å². The second-order valence-corrected chi connectivity index (χ2v) is 10.6. The van der Waals surface area contributed by atoms with E-state index in [4.69, 9.17) is 4.74 Å². The maximum Gasteiger partial charge on any atom is 0.308 e. The highest BCUT2D eigenvalue weighted by Crippen LogP contribution is 2.54. The molecule has 36 heavy (non-hydrogen) atoms. The third-order valence-electron chi connectivity index (χ3n) is 7.33. The molecule has 5 atom stereocenters. The van der Waals surface area contributed by atoms with Gasteiger partial charge in [-0.05, 0) is 30.9 Å². The lowest BCUT2D eigenvalue weighted by atomic mass is 9.67. The number of ether oxygens (including phenoxy) is 1. The number of carboxylic acid groups (broad SMARTS) is 1. The number of carbonyl (C=O) groups excluding carboxylic acids is 3. The first kappa shape index (κ1) is 31.5. The van der Waals surface area contributed by atoms with Gasteiger partial charge in [-0.2, -0.15) is 0 Å². The summed E-state index contributed by atoms with van der Waals surface area (Å²) in [5, 5.41) is 45.3. The zero-order chi connectivity index (χ0) is 28.2. The number of aliphatic carboxylic acids is 1. The number of aliphatic hydroxyl groups is 3. The van der Waals surface area contributed by atoms with Crippen molar-refractivity contribution in [1.82, 2.24) is 5.32 Å². The minimum absolute atomic E-state index is 0.0370. The van der Waals surface area contributed by atoms with Gasteiger partial charge in [0.2, 0.25) is 5.91 Å². The van der Waals surface area contributed by atoms with Crippen molar-refractivity contribution < 1.29 is 44.3 Å². The Morgan fingerprint density at radius 1 is 1.22 bits per heavy atom. The van der Waals surface area contributed by atoms with Gasteiger partial charge >= 0.3 is 11.9 Å². The number of amides is 1. The standard InChI is InChI=1S/C26H41NO9/c1-9-11-16(27-15(4)28)12-19(32)36-23-14(3)20(25(7,8)26(23,35)13-18(30)31)21(33)22(34)24(5,6)17(29)10-2/h9,16-17,21,23,29,33,35H,1,10-13H2,2-8H3,(H,27,28)(H,30,31)/t16-,17-,21+,23-,26?/m0/s1. The van der Waals surface area contributed by atoms with Crippen LogP contribution < -0.4 is 5.32 Å². The number of aliphatic hydroxyl groups excluding tert-OH is 2. The predicted octanol–water partition coefficient (Wildman–Crippen LogP) is 1.66. The highest BCUT2D eigenvalue weighted by Gasteiger charge is 2.63. The zero-order valence-electron chi connectivity index (χ0n) is 22.3. The molecule has 0 fully saturated rings. The average molecular weight is 512 g/mol. The van der Waals surface area contributed by atoms with Gasteiger partial charge in [0.15, 0.2) is 11.9 Å². The van der Waals surface area contributed by atoms with Crippen molar-refractivity contribution in [3.63, 3.8) is 0 Å². The lowest BCUT2D eigenvalue weighted by Crippen LogP contribution is -2.54. The number of rotatable bonds is 13. The van der Waals surface area contributed by atoms with E-state index < -0.39 is 64.9 Å². The molecule has 0 aromatic carbocycles. The second kappa shape index (κ2) is 11.7. The zero-order valence-corrected chi connectivity index (χ0v) is 22.3. The summed E-state index contributed by atoms with van der Waals surface area (Å²) in [6.07, 6.45) is -3.36. The summed E-state index contributed by atoms with van der Waals surface area (Å²) in [6, 6.07) is -0.623. The van der Waals surface area contributed by atoms with Crippen LogP contribution in [0.5, 0.6) is 0 Å². The average Bonchev–Trinajstić information content (AvgIpc) is 2.87.